The maximum atomic E-state index is 6.02. The molecule has 0 bridgehead atoms. The minimum Gasteiger partial charge on any atom is -0.0891 e. The highest BCUT2D eigenvalue weighted by Gasteiger charge is 2.11. The van der Waals surface area contributed by atoms with Gasteiger partial charge in [-0.25, -0.2) is 0 Å². The number of hydrogen-bond acceptors (Lipinski definition) is 0. The summed E-state index contributed by atoms with van der Waals surface area (Å²) in [4.78, 5) is 0. The molecule has 1 aromatic carbocycles. The first-order chi connectivity index (χ1) is 5.77. The summed E-state index contributed by atoms with van der Waals surface area (Å²) in [6, 6.07) is 5.97. The number of benzene rings is 1. The molecule has 0 nitrogen and oxygen atoms in total. The van der Waals surface area contributed by atoms with Gasteiger partial charge in [0.15, 0.2) is 0 Å². The van der Waals surface area contributed by atoms with Crippen LogP contribution in [-0.2, 0) is 12.8 Å². The Morgan fingerprint density at radius 3 is 2.83 bits per heavy atom. The maximum Gasteiger partial charge on any atom is 0.0444 e. The molecule has 0 fully saturated rings. The van der Waals surface area contributed by atoms with Gasteiger partial charge < -0.3 is 0 Å². The summed E-state index contributed by atoms with van der Waals surface area (Å²) in [6.45, 7) is 0. The van der Waals surface area contributed by atoms with Crippen LogP contribution < -0.4 is 0 Å². The molecule has 2 rings (SSSR count). The average Bonchev–Trinajstić information content (AvgIpc) is 2.04. The summed E-state index contributed by atoms with van der Waals surface area (Å²) in [6.07, 6.45) is 3.72. The summed E-state index contributed by atoms with van der Waals surface area (Å²) >= 11 is 11.9. The van der Waals surface area contributed by atoms with Crippen molar-refractivity contribution in [3.05, 3.63) is 45.5 Å². The van der Waals surface area contributed by atoms with E-state index in [4.69, 9.17) is 23.2 Å². The van der Waals surface area contributed by atoms with Crippen molar-refractivity contribution in [2.45, 2.75) is 12.8 Å². The van der Waals surface area contributed by atoms with Crippen molar-refractivity contribution in [2.75, 3.05) is 0 Å². The highest BCUT2D eigenvalue weighted by molar-refractivity contribution is 6.32. The van der Waals surface area contributed by atoms with Crippen LogP contribution in [0.15, 0.2) is 29.3 Å². The normalized spacial score (nSPS) is 15.3. The standard InChI is InChI=1S/C10H8Cl2/c11-8-4-5-9-7(6-8)2-1-3-10(9)12/h1-4H,5-6H2. The fourth-order valence-corrected chi connectivity index (χ4v) is 1.96. The Bertz CT molecular complexity index is 340. The van der Waals surface area contributed by atoms with Gasteiger partial charge in [0.1, 0.15) is 0 Å². The van der Waals surface area contributed by atoms with Crippen LogP contribution in [-0.4, -0.2) is 0 Å². The molecule has 0 N–H and O–H groups in total. The zero-order chi connectivity index (χ0) is 8.55. The number of hydrogen-bond donors (Lipinski definition) is 0. The van der Waals surface area contributed by atoms with Gasteiger partial charge in [-0.2, -0.15) is 0 Å². The molecule has 0 aliphatic heterocycles. The molecule has 0 saturated heterocycles. The molecule has 12 heavy (non-hydrogen) atoms. The van der Waals surface area contributed by atoms with E-state index in [-0.39, 0.29) is 0 Å². The van der Waals surface area contributed by atoms with E-state index in [2.05, 4.69) is 6.07 Å². The molecular formula is C10H8Cl2. The molecule has 2 heteroatoms. The molecule has 0 unspecified atom stereocenters. The van der Waals surface area contributed by atoms with E-state index >= 15 is 0 Å². The van der Waals surface area contributed by atoms with Crippen molar-refractivity contribution in [3.8, 4) is 0 Å². The van der Waals surface area contributed by atoms with Crippen molar-refractivity contribution in [2.24, 2.45) is 0 Å². The quantitative estimate of drug-likeness (QED) is 0.599. The van der Waals surface area contributed by atoms with Gasteiger partial charge >= 0.3 is 0 Å². The summed E-state index contributed by atoms with van der Waals surface area (Å²) in [5, 5.41) is 1.78. The first kappa shape index (κ1) is 8.15. The van der Waals surface area contributed by atoms with Gasteiger partial charge in [0, 0.05) is 16.5 Å². The highest BCUT2D eigenvalue weighted by Crippen LogP contribution is 2.28. The molecule has 0 radical (unpaired) electrons. The number of fused-ring (bicyclic) bond motifs is 1. The van der Waals surface area contributed by atoms with Gasteiger partial charge in [0.25, 0.3) is 0 Å². The van der Waals surface area contributed by atoms with E-state index in [1.807, 2.05) is 18.2 Å². The van der Waals surface area contributed by atoms with Gasteiger partial charge in [-0.3, -0.25) is 0 Å². The third-order valence-corrected chi connectivity index (χ3v) is 2.74. The fourth-order valence-electron chi connectivity index (χ4n) is 1.46. The van der Waals surface area contributed by atoms with Gasteiger partial charge in [-0.15, -0.1) is 0 Å². The lowest BCUT2D eigenvalue weighted by Gasteiger charge is -2.14. The van der Waals surface area contributed by atoms with E-state index in [0.29, 0.717) is 0 Å². The van der Waals surface area contributed by atoms with Crippen LogP contribution in [0.2, 0.25) is 5.02 Å². The number of halogens is 2. The van der Waals surface area contributed by atoms with E-state index < -0.39 is 0 Å². The summed E-state index contributed by atoms with van der Waals surface area (Å²) < 4.78 is 0. The predicted molar refractivity (Wildman–Crippen MR) is 52.8 cm³/mol. The zero-order valence-corrected chi connectivity index (χ0v) is 7.99. The lowest BCUT2D eigenvalue weighted by Crippen LogP contribution is -2.00. The first-order valence-corrected chi connectivity index (χ1v) is 4.64. The fraction of sp³-hybridized carbons (Fsp3) is 0.200. The zero-order valence-electron chi connectivity index (χ0n) is 6.48. The van der Waals surface area contributed by atoms with Gasteiger partial charge in [0.05, 0.1) is 0 Å². The Morgan fingerprint density at radius 1 is 1.17 bits per heavy atom. The first-order valence-electron chi connectivity index (χ1n) is 3.88. The summed E-state index contributed by atoms with van der Waals surface area (Å²) in [5.41, 5.74) is 2.48. The molecule has 0 amide bonds. The molecule has 0 spiro atoms. The molecule has 1 aromatic rings. The summed E-state index contributed by atoms with van der Waals surface area (Å²) in [5.74, 6) is 0. The van der Waals surface area contributed by atoms with Gasteiger partial charge in [0.2, 0.25) is 0 Å². The minimum atomic E-state index is 0.831. The molecule has 1 aliphatic carbocycles. The third kappa shape index (κ3) is 1.37. The van der Waals surface area contributed by atoms with E-state index in [0.717, 1.165) is 22.9 Å². The Labute approximate surface area is 81.8 Å². The SMILES string of the molecule is ClC1=CCc2c(Cl)cccc2C1. The molecule has 1 aliphatic rings. The third-order valence-electron chi connectivity index (χ3n) is 2.10. The van der Waals surface area contributed by atoms with Crippen molar-refractivity contribution < 1.29 is 0 Å². The lowest BCUT2D eigenvalue weighted by atomic mass is 9.97. The Balaban J connectivity index is 2.49. The monoisotopic (exact) mass is 198 g/mol. The van der Waals surface area contributed by atoms with E-state index in [1.165, 1.54) is 11.1 Å². The molecular weight excluding hydrogens is 191 g/mol. The van der Waals surface area contributed by atoms with Crippen molar-refractivity contribution in [1.29, 1.82) is 0 Å². The van der Waals surface area contributed by atoms with Crippen LogP contribution in [0.25, 0.3) is 0 Å². The minimum absolute atomic E-state index is 0.831. The number of allylic oxidation sites excluding steroid dienone is 2. The topological polar surface area (TPSA) is 0 Å². The van der Waals surface area contributed by atoms with Crippen LogP contribution in [0.4, 0.5) is 0 Å². The second kappa shape index (κ2) is 3.12. The second-order valence-electron chi connectivity index (χ2n) is 2.91. The van der Waals surface area contributed by atoms with Crippen LogP contribution in [0.1, 0.15) is 11.1 Å². The van der Waals surface area contributed by atoms with Crippen LogP contribution in [0.5, 0.6) is 0 Å². The Kier molecular flexibility index (Phi) is 2.12. The van der Waals surface area contributed by atoms with Crippen LogP contribution >= 0.6 is 23.2 Å². The second-order valence-corrected chi connectivity index (χ2v) is 3.80. The van der Waals surface area contributed by atoms with Gasteiger partial charge in [-0.05, 0) is 23.6 Å². The summed E-state index contributed by atoms with van der Waals surface area (Å²) in [7, 11) is 0. The van der Waals surface area contributed by atoms with E-state index in [1.54, 1.807) is 0 Å². The van der Waals surface area contributed by atoms with Crippen LogP contribution in [0.3, 0.4) is 0 Å². The maximum absolute atomic E-state index is 6.02. The molecule has 0 heterocycles. The highest BCUT2D eigenvalue weighted by atomic mass is 35.5. The predicted octanol–water partition coefficient (Wildman–Crippen LogP) is 3.56. The molecule has 0 atom stereocenters. The Hall–Kier alpha value is -0.460. The number of rotatable bonds is 0. The largest absolute Gasteiger partial charge is 0.0891 e. The Morgan fingerprint density at radius 2 is 2.00 bits per heavy atom. The average molecular weight is 199 g/mol. The molecule has 0 aromatic heterocycles. The molecule has 0 saturated carbocycles. The van der Waals surface area contributed by atoms with E-state index in [9.17, 15) is 0 Å². The van der Waals surface area contributed by atoms with Gasteiger partial charge in [-0.1, -0.05) is 41.4 Å². The lowest BCUT2D eigenvalue weighted by molar-refractivity contribution is 1.07. The smallest absolute Gasteiger partial charge is 0.0444 e. The van der Waals surface area contributed by atoms with Crippen LogP contribution in [0, 0.1) is 0 Å². The van der Waals surface area contributed by atoms with Crippen molar-refractivity contribution in [1.82, 2.24) is 0 Å². The van der Waals surface area contributed by atoms with Crippen molar-refractivity contribution >= 4 is 23.2 Å². The molecule has 62 valence electrons. The van der Waals surface area contributed by atoms with Crippen molar-refractivity contribution in [3.63, 3.8) is 0 Å².